The summed E-state index contributed by atoms with van der Waals surface area (Å²) in [6.07, 6.45) is 6.84. The van der Waals surface area contributed by atoms with Crippen LogP contribution in [0.25, 0.3) is 11.3 Å². The molecule has 0 bridgehead atoms. The molecule has 0 spiro atoms. The molecule has 0 fully saturated rings. The molecule has 1 aromatic heterocycles. The van der Waals surface area contributed by atoms with Gasteiger partial charge in [0, 0.05) is 0 Å². The summed E-state index contributed by atoms with van der Waals surface area (Å²) >= 11 is 0. The van der Waals surface area contributed by atoms with Crippen LogP contribution in [-0.4, -0.2) is 10.2 Å². The van der Waals surface area contributed by atoms with Gasteiger partial charge in [-0.05, 0) is 48.4 Å². The molecule has 1 aliphatic rings. The smallest absolute Gasteiger partial charge is 0.161 e. The largest absolute Gasteiger partial charge is 0.206 e. The Labute approximate surface area is 145 Å². The summed E-state index contributed by atoms with van der Waals surface area (Å²) in [6, 6.07) is 7.48. The maximum Gasteiger partial charge on any atom is 0.161 e. The highest BCUT2D eigenvalue weighted by Crippen LogP contribution is 2.45. The highest BCUT2D eigenvalue weighted by Gasteiger charge is 2.42. The van der Waals surface area contributed by atoms with Crippen molar-refractivity contribution in [2.24, 2.45) is 5.92 Å². The van der Waals surface area contributed by atoms with E-state index in [2.05, 4.69) is 36.0 Å². The first-order valence-electron chi connectivity index (χ1n) is 8.15. The number of fused-ring (bicyclic) bond motifs is 1. The van der Waals surface area contributed by atoms with Crippen molar-refractivity contribution in [3.63, 3.8) is 0 Å². The zero-order valence-corrected chi connectivity index (χ0v) is 14.1. The Hall–Kier alpha value is -2.79. The highest BCUT2D eigenvalue weighted by molar-refractivity contribution is 5.62. The predicted molar refractivity (Wildman–Crippen MR) is 90.3 cm³/mol. The van der Waals surface area contributed by atoms with Crippen LogP contribution in [-0.2, 0) is 5.41 Å². The van der Waals surface area contributed by atoms with Gasteiger partial charge in [0.2, 0.25) is 0 Å². The van der Waals surface area contributed by atoms with Gasteiger partial charge < -0.3 is 0 Å². The van der Waals surface area contributed by atoms with Crippen LogP contribution in [0.1, 0.15) is 43.9 Å². The standard InChI is InChI=1S/C20H17F2N3/c1-4-20(11-23)9-8-13(12(2)3)14-10-17(24-25-19(14)20)18-15(21)6-5-7-16(18)22/h1,5-7,10,12-13H,8-9H2,2-3H3/t13-,20-/m1/s1. The van der Waals surface area contributed by atoms with Gasteiger partial charge in [-0.25, -0.2) is 8.78 Å². The lowest BCUT2D eigenvalue weighted by Gasteiger charge is -2.34. The van der Waals surface area contributed by atoms with Gasteiger partial charge in [-0.3, -0.25) is 0 Å². The lowest BCUT2D eigenvalue weighted by Crippen LogP contribution is -2.33. The third kappa shape index (κ3) is 2.66. The van der Waals surface area contributed by atoms with E-state index in [0.717, 1.165) is 5.56 Å². The molecule has 0 unspecified atom stereocenters. The van der Waals surface area contributed by atoms with Gasteiger partial charge in [0.15, 0.2) is 5.41 Å². The number of benzene rings is 1. The second kappa shape index (κ2) is 6.26. The first kappa shape index (κ1) is 17.0. The highest BCUT2D eigenvalue weighted by atomic mass is 19.1. The van der Waals surface area contributed by atoms with Crippen molar-refractivity contribution in [1.82, 2.24) is 10.2 Å². The molecule has 1 heterocycles. The Balaban J connectivity index is 2.25. The van der Waals surface area contributed by atoms with E-state index in [-0.39, 0.29) is 23.1 Å². The monoisotopic (exact) mass is 337 g/mol. The average molecular weight is 337 g/mol. The number of terminal acetylenes is 1. The summed E-state index contributed by atoms with van der Waals surface area (Å²) in [7, 11) is 0. The van der Waals surface area contributed by atoms with Gasteiger partial charge in [0.25, 0.3) is 0 Å². The van der Waals surface area contributed by atoms with E-state index in [4.69, 9.17) is 6.42 Å². The van der Waals surface area contributed by atoms with E-state index >= 15 is 0 Å². The van der Waals surface area contributed by atoms with Gasteiger partial charge >= 0.3 is 0 Å². The summed E-state index contributed by atoms with van der Waals surface area (Å²) in [5.74, 6) is 1.53. The molecule has 0 N–H and O–H groups in total. The fourth-order valence-corrected chi connectivity index (χ4v) is 3.51. The number of aromatic nitrogens is 2. The SMILES string of the molecule is C#C[C@]1(C#N)CC[C@H](C(C)C)c2cc(-c3c(F)cccc3F)nnc21. The normalized spacial score (nSPS) is 22.1. The maximum atomic E-state index is 14.1. The van der Waals surface area contributed by atoms with Gasteiger partial charge in [-0.1, -0.05) is 25.8 Å². The predicted octanol–water partition coefficient (Wildman–Crippen LogP) is 4.35. The molecule has 3 nitrogen and oxygen atoms in total. The molecule has 1 aliphatic carbocycles. The fourth-order valence-electron chi connectivity index (χ4n) is 3.51. The third-order valence-corrected chi connectivity index (χ3v) is 4.92. The van der Waals surface area contributed by atoms with E-state index < -0.39 is 17.0 Å². The van der Waals surface area contributed by atoms with Gasteiger partial charge in [0.05, 0.1) is 23.0 Å². The van der Waals surface area contributed by atoms with E-state index in [1.165, 1.54) is 18.2 Å². The van der Waals surface area contributed by atoms with Crippen molar-refractivity contribution >= 4 is 0 Å². The van der Waals surface area contributed by atoms with Crippen molar-refractivity contribution < 1.29 is 8.78 Å². The van der Waals surface area contributed by atoms with Crippen LogP contribution in [0.4, 0.5) is 8.78 Å². The lowest BCUT2D eigenvalue weighted by atomic mass is 9.67. The van der Waals surface area contributed by atoms with Crippen LogP contribution in [0, 0.1) is 41.2 Å². The minimum Gasteiger partial charge on any atom is -0.206 e. The molecule has 0 saturated heterocycles. The van der Waals surface area contributed by atoms with Crippen LogP contribution in [0.15, 0.2) is 24.3 Å². The summed E-state index contributed by atoms with van der Waals surface area (Å²) in [6.45, 7) is 4.13. The van der Waals surface area contributed by atoms with Crippen LogP contribution in [0.2, 0.25) is 0 Å². The number of rotatable bonds is 2. The Kier molecular flexibility index (Phi) is 4.27. The first-order chi connectivity index (χ1) is 11.9. The van der Waals surface area contributed by atoms with Gasteiger partial charge in [-0.15, -0.1) is 11.5 Å². The number of halogens is 2. The van der Waals surface area contributed by atoms with Crippen molar-refractivity contribution in [3.05, 3.63) is 47.2 Å². The fraction of sp³-hybridized carbons (Fsp3) is 0.350. The van der Waals surface area contributed by atoms with Gasteiger partial charge in [0.1, 0.15) is 11.6 Å². The maximum absolute atomic E-state index is 14.1. The van der Waals surface area contributed by atoms with Crippen LogP contribution < -0.4 is 0 Å². The van der Waals surface area contributed by atoms with Gasteiger partial charge in [-0.2, -0.15) is 10.4 Å². The second-order valence-corrected chi connectivity index (χ2v) is 6.68. The van der Waals surface area contributed by atoms with E-state index in [0.29, 0.717) is 18.5 Å². The summed E-state index contributed by atoms with van der Waals surface area (Å²) in [5.41, 5.74) is -0.0451. The quantitative estimate of drug-likeness (QED) is 0.766. The Morgan fingerprint density at radius 2 is 1.96 bits per heavy atom. The molecule has 0 amide bonds. The van der Waals surface area contributed by atoms with Crippen LogP contribution in [0.5, 0.6) is 0 Å². The molecular formula is C20H17F2N3. The number of hydrogen-bond acceptors (Lipinski definition) is 3. The minimum absolute atomic E-state index is 0.105. The molecule has 1 aromatic carbocycles. The molecule has 0 saturated carbocycles. The van der Waals surface area contributed by atoms with Crippen molar-refractivity contribution in [2.75, 3.05) is 0 Å². The van der Waals surface area contributed by atoms with Crippen molar-refractivity contribution in [2.45, 2.75) is 38.0 Å². The molecule has 5 heteroatoms. The molecule has 2 atom stereocenters. The molecule has 25 heavy (non-hydrogen) atoms. The van der Waals surface area contributed by atoms with Crippen LogP contribution in [0.3, 0.4) is 0 Å². The molecule has 0 aliphatic heterocycles. The molecule has 0 radical (unpaired) electrons. The zero-order valence-electron chi connectivity index (χ0n) is 14.1. The van der Waals surface area contributed by atoms with E-state index in [1.54, 1.807) is 6.07 Å². The van der Waals surface area contributed by atoms with Crippen LogP contribution >= 0.6 is 0 Å². The van der Waals surface area contributed by atoms with E-state index in [9.17, 15) is 14.0 Å². The summed E-state index contributed by atoms with van der Waals surface area (Å²) in [4.78, 5) is 0. The van der Waals surface area contributed by atoms with Crippen molar-refractivity contribution in [3.8, 4) is 29.7 Å². The first-order valence-corrected chi connectivity index (χ1v) is 8.15. The lowest BCUT2D eigenvalue weighted by molar-refractivity contribution is 0.388. The summed E-state index contributed by atoms with van der Waals surface area (Å²) < 4.78 is 28.2. The Bertz CT molecular complexity index is 872. The average Bonchev–Trinajstić information content (AvgIpc) is 2.60. The minimum atomic E-state index is -1.14. The van der Waals surface area contributed by atoms with E-state index in [1.807, 2.05) is 0 Å². The number of hydrogen-bond donors (Lipinski definition) is 0. The molecule has 3 rings (SSSR count). The van der Waals surface area contributed by atoms with Crippen molar-refractivity contribution in [1.29, 1.82) is 5.26 Å². The molecular weight excluding hydrogens is 320 g/mol. The zero-order chi connectivity index (χ0) is 18.2. The Morgan fingerprint density at radius 1 is 1.28 bits per heavy atom. The Morgan fingerprint density at radius 3 is 2.52 bits per heavy atom. The topological polar surface area (TPSA) is 49.6 Å². The molecule has 2 aromatic rings. The number of nitrogens with zero attached hydrogens (tertiary/aromatic N) is 3. The second-order valence-electron chi connectivity index (χ2n) is 6.68. The summed E-state index contributed by atoms with van der Waals surface area (Å²) in [5, 5.41) is 17.8. The molecule has 126 valence electrons. The number of nitriles is 1. The third-order valence-electron chi connectivity index (χ3n) is 4.92.